The van der Waals surface area contributed by atoms with Crippen molar-refractivity contribution in [1.29, 1.82) is 0 Å². The summed E-state index contributed by atoms with van der Waals surface area (Å²) in [4.78, 5) is 26.6. The predicted molar refractivity (Wildman–Crippen MR) is 188 cm³/mol. The lowest BCUT2D eigenvalue weighted by Crippen LogP contribution is -2.35. The number of alkyl carbamates (subject to hydrolysis) is 1. The number of carbonyl (C=O) groups is 2. The lowest BCUT2D eigenvalue weighted by molar-refractivity contribution is 0.0142. The quantitative estimate of drug-likeness (QED) is 0.125. The summed E-state index contributed by atoms with van der Waals surface area (Å²) in [5, 5.41) is 3.32. The van der Waals surface area contributed by atoms with Gasteiger partial charge in [-0.25, -0.2) is 9.59 Å². The minimum Gasteiger partial charge on any atom is -0.449 e. The number of hydrogen-bond donors (Lipinski definition) is 1. The first-order valence-corrected chi connectivity index (χ1v) is 16.2. The summed E-state index contributed by atoms with van der Waals surface area (Å²) in [5.74, 6) is -0.531. The highest BCUT2D eigenvalue weighted by molar-refractivity contribution is 6.31. The Balaban J connectivity index is 1.06. The molecular weight excluding hydrogens is 618 g/mol. The number of nitrogens with one attached hydrogen (secondary N) is 1. The first-order valence-electron chi connectivity index (χ1n) is 15.8. The molecule has 6 aromatic rings. The van der Waals surface area contributed by atoms with Crippen LogP contribution in [-0.2, 0) is 21.6 Å². The van der Waals surface area contributed by atoms with Gasteiger partial charge in [0.05, 0.1) is 5.56 Å². The zero-order chi connectivity index (χ0) is 32.9. The Kier molecular flexibility index (Phi) is 8.78. The van der Waals surface area contributed by atoms with Gasteiger partial charge < -0.3 is 14.8 Å². The molecule has 0 saturated carbocycles. The molecule has 1 aliphatic rings. The van der Waals surface area contributed by atoms with Gasteiger partial charge in [0, 0.05) is 34.2 Å². The van der Waals surface area contributed by atoms with Crippen LogP contribution in [-0.4, -0.2) is 18.7 Å². The number of hydrogen-bond acceptors (Lipinski definition) is 4. The molecule has 0 fully saturated rings. The highest BCUT2D eigenvalue weighted by atomic mass is 35.5. The van der Waals surface area contributed by atoms with Crippen LogP contribution in [0.2, 0.25) is 5.02 Å². The van der Waals surface area contributed by atoms with Crippen LogP contribution >= 0.6 is 11.6 Å². The molecule has 6 aromatic carbocycles. The number of esters is 1. The van der Waals surface area contributed by atoms with Crippen LogP contribution in [0.4, 0.5) is 4.79 Å². The number of amides is 1. The Morgan fingerprint density at radius 1 is 0.625 bits per heavy atom. The second kappa shape index (κ2) is 13.6. The largest absolute Gasteiger partial charge is 0.449 e. The lowest BCUT2D eigenvalue weighted by atomic mass is 9.80. The number of ether oxygens (including phenoxy) is 2. The van der Waals surface area contributed by atoms with Gasteiger partial charge in [-0.15, -0.1) is 0 Å². The summed E-state index contributed by atoms with van der Waals surface area (Å²) >= 11 is 6.79. The molecule has 1 amide bonds. The molecular formula is C42H32ClNO4. The van der Waals surface area contributed by atoms with E-state index in [0.717, 1.165) is 27.8 Å². The van der Waals surface area contributed by atoms with Crippen LogP contribution in [0.1, 0.15) is 49.7 Å². The molecule has 0 spiro atoms. The fraction of sp³-hybridized carbons (Fsp3) is 0.0952. The maximum absolute atomic E-state index is 13.9. The summed E-state index contributed by atoms with van der Waals surface area (Å²) in [5.41, 5.74) is 6.73. The van der Waals surface area contributed by atoms with E-state index in [1.165, 1.54) is 11.1 Å². The Bertz CT molecular complexity index is 1980. The lowest BCUT2D eigenvalue weighted by Gasteiger charge is -2.36. The molecule has 0 bridgehead atoms. The molecule has 7 rings (SSSR count). The molecule has 48 heavy (non-hydrogen) atoms. The van der Waals surface area contributed by atoms with E-state index in [1.807, 2.05) is 103 Å². The Morgan fingerprint density at radius 3 is 1.73 bits per heavy atom. The molecule has 0 saturated heterocycles. The summed E-state index contributed by atoms with van der Waals surface area (Å²) in [7, 11) is 0. The summed E-state index contributed by atoms with van der Waals surface area (Å²) in [6, 6.07) is 50.1. The van der Waals surface area contributed by atoms with Crippen LogP contribution in [0.25, 0.3) is 11.1 Å². The molecule has 0 aliphatic heterocycles. The van der Waals surface area contributed by atoms with E-state index in [4.69, 9.17) is 21.1 Å². The topological polar surface area (TPSA) is 64.6 Å². The van der Waals surface area contributed by atoms with Crippen molar-refractivity contribution < 1.29 is 19.1 Å². The molecule has 0 unspecified atom stereocenters. The van der Waals surface area contributed by atoms with E-state index >= 15 is 0 Å². The number of fused-ring (bicyclic) bond motifs is 3. The van der Waals surface area contributed by atoms with Gasteiger partial charge in [-0.1, -0.05) is 151 Å². The fourth-order valence-electron chi connectivity index (χ4n) is 6.52. The van der Waals surface area contributed by atoms with Crippen molar-refractivity contribution in [2.24, 2.45) is 0 Å². The second-order valence-electron chi connectivity index (χ2n) is 11.7. The van der Waals surface area contributed by atoms with Gasteiger partial charge >= 0.3 is 12.1 Å². The van der Waals surface area contributed by atoms with E-state index in [2.05, 4.69) is 29.6 Å². The molecule has 0 atom stereocenters. The Labute approximate surface area is 284 Å². The van der Waals surface area contributed by atoms with Crippen molar-refractivity contribution >= 4 is 23.7 Å². The van der Waals surface area contributed by atoms with Crippen LogP contribution in [0.15, 0.2) is 158 Å². The van der Waals surface area contributed by atoms with E-state index in [1.54, 1.807) is 30.3 Å². The van der Waals surface area contributed by atoms with Crippen LogP contribution in [0.5, 0.6) is 0 Å². The monoisotopic (exact) mass is 649 g/mol. The Morgan fingerprint density at radius 2 is 1.15 bits per heavy atom. The van der Waals surface area contributed by atoms with Crippen molar-refractivity contribution in [2.75, 3.05) is 6.61 Å². The molecule has 0 radical (unpaired) electrons. The maximum atomic E-state index is 13.9. The van der Waals surface area contributed by atoms with Gasteiger partial charge in [-0.05, 0) is 46.0 Å². The molecule has 0 heterocycles. The summed E-state index contributed by atoms with van der Waals surface area (Å²) in [6.07, 6.45) is -0.504. The number of halogens is 1. The van der Waals surface area contributed by atoms with E-state index < -0.39 is 17.7 Å². The summed E-state index contributed by atoms with van der Waals surface area (Å²) in [6.45, 7) is 0.476. The second-order valence-corrected chi connectivity index (χ2v) is 12.1. The standard InChI is InChI=1S/C42H32ClNO4/c43-39-22-12-11-21-38(39)42(31-13-3-1-4-14-31,32-15-5-2-6-16-32)48-40(45)30-25-23-29(24-26-30)27-44-41(46)47-28-37-35-19-9-7-17-33(35)34-18-8-10-20-36(34)37/h1-26,37H,27-28H2,(H,44,46). The third kappa shape index (κ3) is 5.96. The third-order valence-corrected chi connectivity index (χ3v) is 9.16. The molecule has 1 N–H and O–H groups in total. The first kappa shape index (κ1) is 31.0. The molecule has 6 heteroatoms. The molecule has 5 nitrogen and oxygen atoms in total. The number of rotatable bonds is 9. The van der Waals surface area contributed by atoms with E-state index in [-0.39, 0.29) is 19.1 Å². The zero-order valence-electron chi connectivity index (χ0n) is 26.0. The zero-order valence-corrected chi connectivity index (χ0v) is 26.8. The van der Waals surface area contributed by atoms with Gasteiger partial charge in [0.25, 0.3) is 0 Å². The van der Waals surface area contributed by atoms with Crippen LogP contribution < -0.4 is 5.32 Å². The van der Waals surface area contributed by atoms with Gasteiger partial charge in [-0.2, -0.15) is 0 Å². The predicted octanol–water partition coefficient (Wildman–Crippen LogP) is 9.53. The van der Waals surface area contributed by atoms with Crippen LogP contribution in [0.3, 0.4) is 0 Å². The minimum absolute atomic E-state index is 0.0156. The van der Waals surface area contributed by atoms with Crippen molar-refractivity contribution in [3.05, 3.63) is 202 Å². The smallest absolute Gasteiger partial charge is 0.407 e. The Hall–Kier alpha value is -5.65. The van der Waals surface area contributed by atoms with Gasteiger partial charge in [0.1, 0.15) is 6.61 Å². The number of carbonyl (C=O) groups excluding carboxylic acids is 2. The highest BCUT2D eigenvalue weighted by Gasteiger charge is 2.42. The third-order valence-electron chi connectivity index (χ3n) is 8.83. The first-order chi connectivity index (χ1) is 23.5. The van der Waals surface area contributed by atoms with Crippen molar-refractivity contribution in [2.45, 2.75) is 18.1 Å². The summed E-state index contributed by atoms with van der Waals surface area (Å²) < 4.78 is 12.2. The molecule has 0 aromatic heterocycles. The molecule has 1 aliphatic carbocycles. The highest BCUT2D eigenvalue weighted by Crippen LogP contribution is 2.45. The maximum Gasteiger partial charge on any atom is 0.407 e. The SMILES string of the molecule is O=C(NCc1ccc(C(=O)OC(c2ccccc2)(c2ccccc2)c2ccccc2Cl)cc1)OCC1c2ccccc2-c2ccccc21. The van der Waals surface area contributed by atoms with Crippen LogP contribution in [0, 0.1) is 0 Å². The van der Waals surface area contributed by atoms with Gasteiger partial charge in [0.15, 0.2) is 5.60 Å². The van der Waals surface area contributed by atoms with Crippen molar-refractivity contribution in [1.82, 2.24) is 5.32 Å². The minimum atomic E-state index is -1.30. The molecule has 236 valence electrons. The van der Waals surface area contributed by atoms with Crippen molar-refractivity contribution in [3.63, 3.8) is 0 Å². The fourth-order valence-corrected chi connectivity index (χ4v) is 6.79. The normalized spacial score (nSPS) is 12.1. The average molecular weight is 650 g/mol. The number of benzene rings is 6. The van der Waals surface area contributed by atoms with Crippen molar-refractivity contribution in [3.8, 4) is 11.1 Å². The van der Waals surface area contributed by atoms with E-state index in [0.29, 0.717) is 16.1 Å². The van der Waals surface area contributed by atoms with E-state index in [9.17, 15) is 9.59 Å². The van der Waals surface area contributed by atoms with Gasteiger partial charge in [-0.3, -0.25) is 0 Å². The average Bonchev–Trinajstić information content (AvgIpc) is 3.47. The van der Waals surface area contributed by atoms with Gasteiger partial charge in [0.2, 0.25) is 0 Å².